The fraction of sp³-hybridized carbons (Fsp3) is 0.725. The lowest BCUT2D eigenvalue weighted by atomic mass is 10.1. The van der Waals surface area contributed by atoms with E-state index < -0.39 is 0 Å². The molecule has 4 heteroatoms. The molecule has 0 heterocycles. The molecular formula is C40H74O4. The quantitative estimate of drug-likeness (QED) is 0.0514. The lowest BCUT2D eigenvalue weighted by molar-refractivity contribution is -0.108. The standard InChI is InChI=1S/C10H20O.3C10H18O/c4*1-2-3-4-5-6-7-8-9-10-11/h2,11H,1,3-10H2;4-5,10H,2-3,6-9H2,1H3;3-4,10H,2,5-9H2,1H3;2-3,10H,4-9H2,1H3/b;5-4+;4-3+;3-2+. The zero-order valence-corrected chi connectivity index (χ0v) is 29.5. The molecule has 0 amide bonds. The number of carbonyl (C=O) groups excluding carboxylic acids is 3. The van der Waals surface area contributed by atoms with Crippen LogP contribution in [-0.2, 0) is 14.4 Å². The minimum atomic E-state index is 0.354. The van der Waals surface area contributed by atoms with E-state index in [4.69, 9.17) is 5.11 Å². The molecule has 0 rings (SSSR count). The summed E-state index contributed by atoms with van der Waals surface area (Å²) in [5.74, 6) is 0. The summed E-state index contributed by atoms with van der Waals surface area (Å²) in [5.41, 5.74) is 0. The summed E-state index contributed by atoms with van der Waals surface area (Å²) < 4.78 is 0. The van der Waals surface area contributed by atoms with Crippen molar-refractivity contribution in [3.8, 4) is 0 Å². The minimum absolute atomic E-state index is 0.354. The van der Waals surface area contributed by atoms with Crippen LogP contribution in [0.3, 0.4) is 0 Å². The molecule has 0 spiro atoms. The van der Waals surface area contributed by atoms with Crippen LogP contribution in [0.15, 0.2) is 49.1 Å². The van der Waals surface area contributed by atoms with Crippen molar-refractivity contribution in [2.24, 2.45) is 0 Å². The van der Waals surface area contributed by atoms with Crippen LogP contribution in [-0.4, -0.2) is 30.6 Å². The van der Waals surface area contributed by atoms with E-state index in [9.17, 15) is 14.4 Å². The molecule has 0 bridgehead atoms. The van der Waals surface area contributed by atoms with Gasteiger partial charge in [0.15, 0.2) is 0 Å². The van der Waals surface area contributed by atoms with Gasteiger partial charge in [0.2, 0.25) is 0 Å². The Morgan fingerprint density at radius 2 is 0.818 bits per heavy atom. The summed E-state index contributed by atoms with van der Waals surface area (Å²) >= 11 is 0. The molecule has 4 nitrogen and oxygen atoms in total. The second kappa shape index (κ2) is 56.7. The Kier molecular flexibility index (Phi) is 62.9. The number of hydrogen-bond acceptors (Lipinski definition) is 4. The highest BCUT2D eigenvalue weighted by Crippen LogP contribution is 2.07. The van der Waals surface area contributed by atoms with Gasteiger partial charge in [-0.15, -0.1) is 6.58 Å². The molecule has 0 saturated heterocycles. The van der Waals surface area contributed by atoms with Gasteiger partial charge in [0.1, 0.15) is 18.9 Å². The number of hydrogen-bond donors (Lipinski definition) is 1. The third-order valence-electron chi connectivity index (χ3n) is 6.65. The van der Waals surface area contributed by atoms with Gasteiger partial charge in [-0.3, -0.25) is 0 Å². The summed E-state index contributed by atoms with van der Waals surface area (Å²) in [7, 11) is 0. The molecule has 0 aliphatic heterocycles. The normalized spacial score (nSPS) is 10.5. The monoisotopic (exact) mass is 619 g/mol. The van der Waals surface area contributed by atoms with Crippen molar-refractivity contribution in [2.75, 3.05) is 6.61 Å². The smallest absolute Gasteiger partial charge is 0.119 e. The molecule has 0 saturated carbocycles. The highest BCUT2D eigenvalue weighted by Gasteiger charge is 1.89. The first-order valence-electron chi connectivity index (χ1n) is 18.1. The van der Waals surface area contributed by atoms with Gasteiger partial charge in [-0.1, -0.05) is 108 Å². The van der Waals surface area contributed by atoms with Gasteiger partial charge < -0.3 is 19.5 Å². The molecule has 258 valence electrons. The molecule has 44 heavy (non-hydrogen) atoms. The van der Waals surface area contributed by atoms with Gasteiger partial charge in [-0.05, 0) is 96.8 Å². The number of rotatable bonds is 29. The van der Waals surface area contributed by atoms with E-state index in [2.05, 4.69) is 56.9 Å². The third-order valence-corrected chi connectivity index (χ3v) is 6.65. The average Bonchev–Trinajstić information content (AvgIpc) is 3.04. The number of allylic oxidation sites excluding steroid dienone is 7. The predicted molar refractivity (Wildman–Crippen MR) is 195 cm³/mol. The zero-order chi connectivity index (χ0) is 33.5. The number of aliphatic hydroxyl groups excluding tert-OH is 1. The van der Waals surface area contributed by atoms with Crippen molar-refractivity contribution in [1.82, 2.24) is 0 Å². The Bertz CT molecular complexity index is 606. The van der Waals surface area contributed by atoms with Crippen molar-refractivity contribution in [3.63, 3.8) is 0 Å². The van der Waals surface area contributed by atoms with Crippen LogP contribution in [0, 0.1) is 0 Å². The predicted octanol–water partition coefficient (Wildman–Crippen LogP) is 12.2. The molecule has 1 N–H and O–H groups in total. The molecule has 0 aromatic heterocycles. The number of aliphatic hydroxyl groups is 1. The van der Waals surface area contributed by atoms with Crippen LogP contribution in [0.25, 0.3) is 0 Å². The van der Waals surface area contributed by atoms with E-state index in [0.717, 1.165) is 89.5 Å². The molecule has 0 aromatic rings. The molecule has 0 radical (unpaired) electrons. The molecule has 0 unspecified atom stereocenters. The van der Waals surface area contributed by atoms with Crippen molar-refractivity contribution >= 4 is 18.9 Å². The summed E-state index contributed by atoms with van der Waals surface area (Å²) in [6.07, 6.45) is 46.3. The van der Waals surface area contributed by atoms with E-state index in [1.807, 2.05) is 13.0 Å². The molecule has 0 fully saturated rings. The van der Waals surface area contributed by atoms with E-state index in [0.29, 0.717) is 6.61 Å². The number of carbonyl (C=O) groups is 3. The summed E-state index contributed by atoms with van der Waals surface area (Å²) in [6, 6.07) is 0. The molecule has 0 aromatic carbocycles. The largest absolute Gasteiger partial charge is 0.396 e. The summed E-state index contributed by atoms with van der Waals surface area (Å²) in [4.78, 5) is 29.8. The first-order valence-corrected chi connectivity index (χ1v) is 18.1. The SMILES string of the molecule is C/C=C/CCCCCCC=O.C=CCCCCCCCCO.CC/C=C/CCCCCC=O.CCC/C=C/CCCCC=O. The van der Waals surface area contributed by atoms with Gasteiger partial charge >= 0.3 is 0 Å². The fourth-order valence-corrected chi connectivity index (χ4v) is 3.96. The highest BCUT2D eigenvalue weighted by atomic mass is 16.3. The van der Waals surface area contributed by atoms with E-state index in [1.165, 1.54) is 89.9 Å². The lowest BCUT2D eigenvalue weighted by Gasteiger charge is -1.97. The number of aldehydes is 3. The van der Waals surface area contributed by atoms with Gasteiger partial charge in [-0.2, -0.15) is 0 Å². The van der Waals surface area contributed by atoms with Crippen LogP contribution in [0.1, 0.15) is 181 Å². The maximum Gasteiger partial charge on any atom is 0.119 e. The van der Waals surface area contributed by atoms with Crippen LogP contribution in [0.4, 0.5) is 0 Å². The Morgan fingerprint density at radius 3 is 1.27 bits per heavy atom. The Balaban J connectivity index is -0.000000242. The van der Waals surface area contributed by atoms with Crippen LogP contribution in [0.5, 0.6) is 0 Å². The van der Waals surface area contributed by atoms with Crippen molar-refractivity contribution in [3.05, 3.63) is 49.1 Å². The van der Waals surface area contributed by atoms with Crippen LogP contribution < -0.4 is 0 Å². The summed E-state index contributed by atoms with van der Waals surface area (Å²) in [6.45, 7) is 10.4. The molecule has 0 atom stereocenters. The lowest BCUT2D eigenvalue weighted by Crippen LogP contribution is -1.83. The Hall–Kier alpha value is -2.07. The van der Waals surface area contributed by atoms with Crippen molar-refractivity contribution in [2.45, 2.75) is 181 Å². The molecule has 0 aliphatic carbocycles. The van der Waals surface area contributed by atoms with E-state index in [-0.39, 0.29) is 0 Å². The average molecular weight is 619 g/mol. The Labute approximate surface area is 275 Å². The van der Waals surface area contributed by atoms with Gasteiger partial charge in [0.25, 0.3) is 0 Å². The third kappa shape index (κ3) is 67.6. The van der Waals surface area contributed by atoms with Crippen LogP contribution in [0.2, 0.25) is 0 Å². The van der Waals surface area contributed by atoms with E-state index >= 15 is 0 Å². The fourth-order valence-electron chi connectivity index (χ4n) is 3.96. The van der Waals surface area contributed by atoms with E-state index in [1.54, 1.807) is 0 Å². The number of unbranched alkanes of at least 4 members (excludes halogenated alkanes) is 19. The van der Waals surface area contributed by atoms with Crippen molar-refractivity contribution in [1.29, 1.82) is 0 Å². The minimum Gasteiger partial charge on any atom is -0.396 e. The second-order valence-electron chi connectivity index (χ2n) is 11.0. The summed E-state index contributed by atoms with van der Waals surface area (Å²) in [5, 5.41) is 8.49. The van der Waals surface area contributed by atoms with Crippen LogP contribution >= 0.6 is 0 Å². The van der Waals surface area contributed by atoms with Crippen molar-refractivity contribution < 1.29 is 19.5 Å². The second-order valence-corrected chi connectivity index (χ2v) is 11.0. The first-order chi connectivity index (χ1) is 21.7. The Morgan fingerprint density at radius 1 is 0.455 bits per heavy atom. The van der Waals surface area contributed by atoms with Gasteiger partial charge in [-0.25, -0.2) is 0 Å². The maximum absolute atomic E-state index is 9.93. The maximum atomic E-state index is 9.93. The van der Waals surface area contributed by atoms with Gasteiger partial charge in [0.05, 0.1) is 0 Å². The highest BCUT2D eigenvalue weighted by molar-refractivity contribution is 5.49. The molecular weight excluding hydrogens is 544 g/mol. The first kappa shape index (κ1) is 48.8. The topological polar surface area (TPSA) is 71.4 Å². The zero-order valence-electron chi connectivity index (χ0n) is 29.5. The molecule has 0 aliphatic rings. The van der Waals surface area contributed by atoms with Gasteiger partial charge in [0, 0.05) is 25.9 Å².